The third-order valence-corrected chi connectivity index (χ3v) is 17.2. The molecule has 0 unspecified atom stereocenters. The van der Waals surface area contributed by atoms with Crippen LogP contribution in [-0.4, -0.2) is 34.5 Å². The first-order valence-corrected chi connectivity index (χ1v) is 19.7. The molecule has 0 atom stereocenters. The first kappa shape index (κ1) is 21.0. The van der Waals surface area contributed by atoms with Crippen molar-refractivity contribution in [2.75, 3.05) is 0 Å². The van der Waals surface area contributed by atoms with Crippen molar-refractivity contribution in [2.45, 2.75) is 66.2 Å². The van der Waals surface area contributed by atoms with E-state index in [2.05, 4.69) is 84.4 Å². The van der Waals surface area contributed by atoms with Gasteiger partial charge in [-0.25, -0.2) is 0 Å². The molecule has 0 heterocycles. The van der Waals surface area contributed by atoms with Crippen molar-refractivity contribution < 1.29 is 12.3 Å². The first-order chi connectivity index (χ1) is 10.2. The van der Waals surface area contributed by atoms with E-state index in [1.807, 2.05) is 0 Å². The van der Waals surface area contributed by atoms with Gasteiger partial charge in [-0.1, -0.05) is 29.3 Å². The highest BCUT2D eigenvalue weighted by Gasteiger charge is 2.41. The van der Waals surface area contributed by atoms with Crippen LogP contribution in [0.15, 0.2) is 18.2 Å². The van der Waals surface area contributed by atoms with E-state index in [-0.39, 0.29) is 0 Å². The van der Waals surface area contributed by atoms with E-state index in [0.29, 0.717) is 0 Å². The van der Waals surface area contributed by atoms with Crippen LogP contribution in [0.25, 0.3) is 0 Å². The molecule has 1 aromatic carbocycles. The lowest BCUT2D eigenvalue weighted by Gasteiger charge is -2.39. The largest absolute Gasteiger partial charge is 0.440 e. The van der Waals surface area contributed by atoms with E-state index in [9.17, 15) is 0 Å². The van der Waals surface area contributed by atoms with E-state index in [1.54, 1.807) is 0 Å². The second kappa shape index (κ2) is 7.47. The van der Waals surface area contributed by atoms with E-state index < -0.39 is 34.5 Å². The SMILES string of the molecule is Cc1cc(C)cc([Si](C)(C)O[Si](C)(C)O[Si](C)(C)O[SiH](C)C)c1. The maximum atomic E-state index is 6.66. The predicted molar refractivity (Wildman–Crippen MR) is 110 cm³/mol. The highest BCUT2D eigenvalue weighted by Crippen LogP contribution is 2.22. The molecule has 0 aliphatic heterocycles. The predicted octanol–water partition coefficient (Wildman–Crippen LogP) is 4.15. The molecule has 0 bridgehead atoms. The molecule has 0 saturated carbocycles. The van der Waals surface area contributed by atoms with E-state index in [4.69, 9.17) is 12.3 Å². The number of benzene rings is 1. The van der Waals surface area contributed by atoms with Gasteiger partial charge in [-0.15, -0.1) is 0 Å². The summed E-state index contributed by atoms with van der Waals surface area (Å²) in [5.74, 6) is 0. The summed E-state index contributed by atoms with van der Waals surface area (Å²) in [4.78, 5) is 0. The number of rotatable bonds is 7. The average Bonchev–Trinajstić information content (AvgIpc) is 2.21. The Morgan fingerprint density at radius 1 is 0.739 bits per heavy atom. The lowest BCUT2D eigenvalue weighted by Crippen LogP contribution is -2.58. The third kappa shape index (κ3) is 7.16. The fraction of sp³-hybridized carbons (Fsp3) is 0.625. The van der Waals surface area contributed by atoms with Crippen molar-refractivity contribution in [3.63, 3.8) is 0 Å². The Balaban J connectivity index is 2.93. The van der Waals surface area contributed by atoms with Crippen LogP contribution >= 0.6 is 0 Å². The zero-order chi connectivity index (χ0) is 18.1. The molecule has 23 heavy (non-hydrogen) atoms. The van der Waals surface area contributed by atoms with E-state index in [1.165, 1.54) is 16.3 Å². The molecule has 0 spiro atoms. The Kier molecular flexibility index (Phi) is 6.82. The second-order valence-corrected chi connectivity index (χ2v) is 21.9. The van der Waals surface area contributed by atoms with Gasteiger partial charge in [0.15, 0.2) is 9.04 Å². The monoisotopic (exact) mass is 386 g/mol. The number of hydrogen-bond donors (Lipinski definition) is 0. The summed E-state index contributed by atoms with van der Waals surface area (Å²) in [7, 11) is -7.44. The van der Waals surface area contributed by atoms with Crippen molar-refractivity contribution in [3.05, 3.63) is 29.3 Å². The topological polar surface area (TPSA) is 27.7 Å². The maximum absolute atomic E-state index is 6.66. The molecule has 0 aliphatic rings. The van der Waals surface area contributed by atoms with Gasteiger partial charge in [0.2, 0.25) is 8.32 Å². The normalized spacial score (nSPS) is 13.7. The van der Waals surface area contributed by atoms with E-state index in [0.717, 1.165) is 0 Å². The smallest absolute Gasteiger partial charge is 0.312 e. The summed E-state index contributed by atoms with van der Waals surface area (Å²) in [5, 5.41) is 1.35. The molecule has 132 valence electrons. The Hall–Kier alpha value is -0.0325. The van der Waals surface area contributed by atoms with Crippen molar-refractivity contribution in [1.82, 2.24) is 0 Å². The highest BCUT2D eigenvalue weighted by atomic mass is 28.5. The minimum atomic E-state index is -2.24. The van der Waals surface area contributed by atoms with Gasteiger partial charge in [0.05, 0.1) is 0 Å². The van der Waals surface area contributed by atoms with Gasteiger partial charge in [0, 0.05) is 0 Å². The second-order valence-electron chi connectivity index (χ2n) is 8.06. The minimum Gasteiger partial charge on any atom is -0.440 e. The van der Waals surface area contributed by atoms with E-state index >= 15 is 0 Å². The zero-order valence-corrected chi connectivity index (χ0v) is 20.7. The van der Waals surface area contributed by atoms with Crippen molar-refractivity contribution in [3.8, 4) is 0 Å². The lowest BCUT2D eigenvalue weighted by molar-refractivity contribution is 0.337. The van der Waals surface area contributed by atoms with Crippen LogP contribution in [0, 0.1) is 13.8 Å². The maximum Gasteiger partial charge on any atom is 0.312 e. The minimum absolute atomic E-state index is 1.10. The number of aryl methyl sites for hydroxylation is 2. The summed E-state index contributed by atoms with van der Waals surface area (Å²) < 4.78 is 19.3. The zero-order valence-electron chi connectivity index (χ0n) is 16.5. The summed E-state index contributed by atoms with van der Waals surface area (Å²) in [6.07, 6.45) is 0. The average molecular weight is 387 g/mol. The van der Waals surface area contributed by atoms with Gasteiger partial charge in [0.1, 0.15) is 0 Å². The van der Waals surface area contributed by atoms with Gasteiger partial charge in [-0.2, -0.15) is 0 Å². The number of hydrogen-bond acceptors (Lipinski definition) is 3. The van der Waals surface area contributed by atoms with Gasteiger partial charge < -0.3 is 12.3 Å². The van der Waals surface area contributed by atoms with Gasteiger partial charge in [-0.3, -0.25) is 0 Å². The fourth-order valence-corrected chi connectivity index (χ4v) is 20.2. The standard InChI is InChI=1S/C16H34O3Si4/c1-14-11-15(2)13-16(12-14)21(5,6)18-23(9,10)19-22(7,8)17-20(3)4/h11-13,20H,1-10H3. The van der Waals surface area contributed by atoms with Crippen molar-refractivity contribution in [1.29, 1.82) is 0 Å². The van der Waals surface area contributed by atoms with Crippen LogP contribution in [0.1, 0.15) is 11.1 Å². The Labute approximate surface area is 147 Å². The molecule has 0 fully saturated rings. The van der Waals surface area contributed by atoms with Crippen LogP contribution in [0.3, 0.4) is 0 Å². The molecule has 1 rings (SSSR count). The lowest BCUT2D eigenvalue weighted by atomic mass is 10.2. The molecule has 1 aromatic rings. The Morgan fingerprint density at radius 2 is 1.22 bits per heavy atom. The first-order valence-electron chi connectivity index (χ1n) is 8.39. The molecule has 0 aliphatic carbocycles. The quantitative estimate of drug-likeness (QED) is 0.659. The Morgan fingerprint density at radius 3 is 1.65 bits per heavy atom. The van der Waals surface area contributed by atoms with Crippen molar-refractivity contribution >= 4 is 39.7 Å². The van der Waals surface area contributed by atoms with Crippen LogP contribution in [0.5, 0.6) is 0 Å². The molecule has 0 N–H and O–H groups in total. The van der Waals surface area contributed by atoms with Crippen molar-refractivity contribution in [2.24, 2.45) is 0 Å². The molecular formula is C16H34O3Si4. The van der Waals surface area contributed by atoms with Crippen LogP contribution in [0.4, 0.5) is 0 Å². The van der Waals surface area contributed by atoms with Crippen LogP contribution < -0.4 is 5.19 Å². The van der Waals surface area contributed by atoms with Gasteiger partial charge in [0.25, 0.3) is 0 Å². The molecule has 3 nitrogen and oxygen atoms in total. The Bertz CT molecular complexity index is 522. The van der Waals surface area contributed by atoms with Crippen LogP contribution in [0.2, 0.25) is 52.4 Å². The third-order valence-electron chi connectivity index (χ3n) is 3.43. The summed E-state index contributed by atoms with van der Waals surface area (Å²) in [6, 6.07) is 6.75. The van der Waals surface area contributed by atoms with Gasteiger partial charge in [-0.05, 0) is 71.4 Å². The van der Waals surface area contributed by atoms with Crippen LogP contribution in [-0.2, 0) is 12.3 Å². The molecular weight excluding hydrogens is 353 g/mol. The highest BCUT2D eigenvalue weighted by molar-refractivity contribution is 6.93. The molecule has 0 amide bonds. The molecule has 0 aromatic heterocycles. The molecule has 0 saturated heterocycles. The summed E-state index contributed by atoms with van der Waals surface area (Å²) in [6.45, 7) is 21.8. The fourth-order valence-electron chi connectivity index (χ4n) is 3.20. The summed E-state index contributed by atoms with van der Waals surface area (Å²) >= 11 is 0. The summed E-state index contributed by atoms with van der Waals surface area (Å²) in [5.41, 5.74) is 2.60. The molecule has 7 heteroatoms. The van der Waals surface area contributed by atoms with Gasteiger partial charge >= 0.3 is 17.1 Å². The molecule has 0 radical (unpaired) electrons.